The third kappa shape index (κ3) is 3.45. The number of amides is 1. The van der Waals surface area contributed by atoms with Crippen molar-refractivity contribution >= 4 is 27.7 Å². The molecule has 0 atom stereocenters. The monoisotopic (exact) mass is 313 g/mol. The second-order valence-corrected chi connectivity index (χ2v) is 5.31. The Morgan fingerprint density at radius 2 is 2.22 bits per heavy atom. The summed E-state index contributed by atoms with van der Waals surface area (Å²) in [5.74, 6) is 0.634. The van der Waals surface area contributed by atoms with E-state index in [2.05, 4.69) is 33.2 Å². The van der Waals surface area contributed by atoms with Gasteiger partial charge in [0.25, 0.3) is 5.91 Å². The lowest BCUT2D eigenvalue weighted by molar-refractivity contribution is 0.0706. The van der Waals surface area contributed by atoms with E-state index in [0.29, 0.717) is 11.4 Å². The van der Waals surface area contributed by atoms with Gasteiger partial charge in [0.2, 0.25) is 0 Å². The van der Waals surface area contributed by atoms with Crippen molar-refractivity contribution in [2.45, 2.75) is 33.2 Å². The molecule has 1 amide bonds. The quantitative estimate of drug-likeness (QED) is 0.908. The van der Waals surface area contributed by atoms with Crippen LogP contribution in [0.4, 0.5) is 5.82 Å². The first-order valence-electron chi connectivity index (χ1n) is 6.15. The van der Waals surface area contributed by atoms with E-state index >= 15 is 0 Å². The van der Waals surface area contributed by atoms with Gasteiger partial charge in [0.1, 0.15) is 5.82 Å². The van der Waals surface area contributed by atoms with E-state index in [1.807, 2.05) is 24.8 Å². The van der Waals surface area contributed by atoms with Crippen LogP contribution in [0.2, 0.25) is 0 Å². The molecule has 0 radical (unpaired) electrons. The van der Waals surface area contributed by atoms with Crippen molar-refractivity contribution in [3.05, 3.63) is 22.3 Å². The summed E-state index contributed by atoms with van der Waals surface area (Å²) in [5, 5.41) is 2.96. The van der Waals surface area contributed by atoms with Gasteiger partial charge >= 0.3 is 0 Å². The summed E-state index contributed by atoms with van der Waals surface area (Å²) in [6, 6.07) is 1.99. The highest BCUT2D eigenvalue weighted by Gasteiger charge is 2.21. The number of hydrogen-bond donors (Lipinski definition) is 1. The van der Waals surface area contributed by atoms with Crippen molar-refractivity contribution in [2.24, 2.45) is 0 Å². The Kier molecular flexibility index (Phi) is 5.59. The molecule has 0 unspecified atom stereocenters. The van der Waals surface area contributed by atoms with Gasteiger partial charge in [-0.3, -0.25) is 4.79 Å². The molecule has 0 aliphatic heterocycles. The Labute approximate surface area is 117 Å². The molecular weight excluding hydrogens is 294 g/mol. The molecule has 18 heavy (non-hydrogen) atoms. The summed E-state index contributed by atoms with van der Waals surface area (Å²) in [4.78, 5) is 18.6. The van der Waals surface area contributed by atoms with E-state index in [-0.39, 0.29) is 11.9 Å². The number of nitrogens with one attached hydrogen (secondary N) is 1. The Bertz CT molecular complexity index is 421. The van der Waals surface area contributed by atoms with Crippen LogP contribution < -0.4 is 5.32 Å². The van der Waals surface area contributed by atoms with Crippen LogP contribution >= 0.6 is 15.9 Å². The van der Waals surface area contributed by atoms with E-state index in [0.717, 1.165) is 17.4 Å². The van der Waals surface area contributed by atoms with Gasteiger partial charge in [-0.15, -0.1) is 0 Å². The summed E-state index contributed by atoms with van der Waals surface area (Å²) in [6.45, 7) is 6.88. The second kappa shape index (κ2) is 6.73. The highest BCUT2D eigenvalue weighted by atomic mass is 79.9. The molecule has 4 nitrogen and oxygen atoms in total. The van der Waals surface area contributed by atoms with Crippen LogP contribution in [0.25, 0.3) is 0 Å². The van der Waals surface area contributed by atoms with Crippen molar-refractivity contribution < 1.29 is 4.79 Å². The van der Waals surface area contributed by atoms with Crippen molar-refractivity contribution in [1.82, 2.24) is 9.88 Å². The Morgan fingerprint density at radius 3 is 2.72 bits per heavy atom. The minimum atomic E-state index is 0.0185. The van der Waals surface area contributed by atoms with E-state index in [9.17, 15) is 4.79 Å². The summed E-state index contributed by atoms with van der Waals surface area (Å²) >= 11 is 3.36. The van der Waals surface area contributed by atoms with Crippen LogP contribution in [-0.2, 0) is 0 Å². The van der Waals surface area contributed by atoms with Gasteiger partial charge in [-0.05, 0) is 42.3 Å². The predicted molar refractivity (Wildman–Crippen MR) is 77.9 cm³/mol. The van der Waals surface area contributed by atoms with Gasteiger partial charge in [-0.25, -0.2) is 4.98 Å². The molecule has 1 aromatic rings. The molecule has 100 valence electrons. The van der Waals surface area contributed by atoms with Crippen LogP contribution in [0.5, 0.6) is 0 Å². The SMILES string of the molecule is CCCN(C(=O)c1cc(Br)cnc1NC)C(C)C. The third-order valence-electron chi connectivity index (χ3n) is 2.67. The maximum Gasteiger partial charge on any atom is 0.257 e. The van der Waals surface area contributed by atoms with Crippen molar-refractivity contribution in [1.29, 1.82) is 0 Å². The fraction of sp³-hybridized carbons (Fsp3) is 0.538. The minimum Gasteiger partial charge on any atom is -0.372 e. The number of hydrogen-bond acceptors (Lipinski definition) is 3. The number of pyridine rings is 1. The first-order valence-corrected chi connectivity index (χ1v) is 6.94. The third-order valence-corrected chi connectivity index (χ3v) is 3.10. The molecule has 0 saturated carbocycles. The number of carbonyl (C=O) groups excluding carboxylic acids is 1. The molecule has 5 heteroatoms. The van der Waals surface area contributed by atoms with Crippen molar-refractivity contribution in [3.8, 4) is 0 Å². The normalized spacial score (nSPS) is 10.6. The molecule has 0 aliphatic carbocycles. The molecule has 1 heterocycles. The summed E-state index contributed by atoms with van der Waals surface area (Å²) < 4.78 is 0.810. The number of carbonyl (C=O) groups is 1. The Morgan fingerprint density at radius 1 is 1.56 bits per heavy atom. The fourth-order valence-corrected chi connectivity index (χ4v) is 2.12. The minimum absolute atomic E-state index is 0.0185. The standard InChI is InChI=1S/C13H20BrN3O/c1-5-6-17(9(2)3)13(18)11-7-10(14)8-16-12(11)15-4/h7-9H,5-6H2,1-4H3,(H,15,16). The average Bonchev–Trinajstić information content (AvgIpc) is 2.34. The molecule has 0 spiro atoms. The topological polar surface area (TPSA) is 45.2 Å². The largest absolute Gasteiger partial charge is 0.372 e. The molecule has 0 saturated heterocycles. The van der Waals surface area contributed by atoms with E-state index < -0.39 is 0 Å². The lowest BCUT2D eigenvalue weighted by Crippen LogP contribution is -2.38. The molecule has 0 aliphatic rings. The molecule has 0 aromatic carbocycles. The molecule has 0 bridgehead atoms. The van der Waals surface area contributed by atoms with Crippen LogP contribution in [0.15, 0.2) is 16.7 Å². The predicted octanol–water partition coefficient (Wildman–Crippen LogP) is 3.15. The number of halogens is 1. The summed E-state index contributed by atoms with van der Waals surface area (Å²) in [5.41, 5.74) is 0.606. The zero-order valence-corrected chi connectivity index (χ0v) is 12.9. The molecular formula is C13H20BrN3O. The second-order valence-electron chi connectivity index (χ2n) is 4.39. The number of nitrogens with zero attached hydrogens (tertiary/aromatic N) is 2. The Hall–Kier alpha value is -1.10. The zero-order chi connectivity index (χ0) is 13.7. The maximum absolute atomic E-state index is 12.5. The van der Waals surface area contributed by atoms with Gasteiger partial charge < -0.3 is 10.2 Å². The van der Waals surface area contributed by atoms with Gasteiger partial charge in [-0.1, -0.05) is 6.92 Å². The van der Waals surface area contributed by atoms with Crippen LogP contribution in [0, 0.1) is 0 Å². The van der Waals surface area contributed by atoms with Gasteiger partial charge in [0, 0.05) is 30.3 Å². The van der Waals surface area contributed by atoms with Gasteiger partial charge in [0.05, 0.1) is 5.56 Å². The van der Waals surface area contributed by atoms with Crippen molar-refractivity contribution in [3.63, 3.8) is 0 Å². The lowest BCUT2D eigenvalue weighted by atomic mass is 10.2. The summed E-state index contributed by atoms with van der Waals surface area (Å²) in [6.07, 6.45) is 2.63. The highest BCUT2D eigenvalue weighted by Crippen LogP contribution is 2.20. The average molecular weight is 314 g/mol. The van der Waals surface area contributed by atoms with E-state index in [4.69, 9.17) is 0 Å². The molecule has 1 N–H and O–H groups in total. The van der Waals surface area contributed by atoms with E-state index in [1.165, 1.54) is 0 Å². The highest BCUT2D eigenvalue weighted by molar-refractivity contribution is 9.10. The molecule has 0 fully saturated rings. The first kappa shape index (κ1) is 15.0. The molecule has 1 rings (SSSR count). The fourth-order valence-electron chi connectivity index (χ4n) is 1.79. The van der Waals surface area contributed by atoms with Crippen LogP contribution in [0.1, 0.15) is 37.6 Å². The Balaban J connectivity index is 3.11. The molecule has 1 aromatic heterocycles. The maximum atomic E-state index is 12.5. The first-order chi connectivity index (χ1) is 8.51. The van der Waals surface area contributed by atoms with Gasteiger partial charge in [-0.2, -0.15) is 0 Å². The van der Waals surface area contributed by atoms with Crippen LogP contribution in [-0.4, -0.2) is 35.4 Å². The number of rotatable bonds is 5. The smallest absolute Gasteiger partial charge is 0.257 e. The van der Waals surface area contributed by atoms with Crippen LogP contribution in [0.3, 0.4) is 0 Å². The lowest BCUT2D eigenvalue weighted by Gasteiger charge is -2.27. The van der Waals surface area contributed by atoms with Crippen molar-refractivity contribution in [2.75, 3.05) is 18.9 Å². The zero-order valence-electron chi connectivity index (χ0n) is 11.3. The number of anilines is 1. The van der Waals surface area contributed by atoms with E-state index in [1.54, 1.807) is 13.2 Å². The summed E-state index contributed by atoms with van der Waals surface area (Å²) in [7, 11) is 1.77. The van der Waals surface area contributed by atoms with Gasteiger partial charge in [0.15, 0.2) is 0 Å². The number of aromatic nitrogens is 1.